The van der Waals surface area contributed by atoms with Gasteiger partial charge in [0.2, 0.25) is 0 Å². The smallest absolute Gasteiger partial charge is 0.335 e. The molecule has 148 valence electrons. The lowest BCUT2D eigenvalue weighted by atomic mass is 10.1. The number of nitrogens with one attached hydrogen (secondary N) is 1. The number of amides is 1. The molecule has 1 aromatic heterocycles. The normalized spacial score (nSPS) is 10.6. The number of aromatic nitrogens is 3. The van der Waals surface area contributed by atoms with Crippen LogP contribution in [0.5, 0.6) is 0 Å². The fraction of sp³-hybridized carbons (Fsp3) is 0. The maximum Gasteiger partial charge on any atom is 0.335 e. The monoisotopic (exact) mass is 402 g/mol. The van der Waals surface area contributed by atoms with Crippen LogP contribution < -0.4 is 5.32 Å². The largest absolute Gasteiger partial charge is 0.478 e. The van der Waals surface area contributed by atoms with Crippen LogP contribution in [0.15, 0.2) is 79.0 Å². The zero-order valence-electron chi connectivity index (χ0n) is 15.5. The van der Waals surface area contributed by atoms with Crippen molar-refractivity contribution in [2.45, 2.75) is 0 Å². The molecule has 4 rings (SSSR count). The standard InChI is InChI=1S/C22H15FN4O3/c23-17-7-1-14(2-8-17)20-13-24-26-27(20)19-11-5-15(6-12-19)21(28)25-18-9-3-16(4-10-18)22(29)30/h1-13H,(H,25,28)(H,29,30). The van der Waals surface area contributed by atoms with Crippen LogP contribution in [-0.4, -0.2) is 32.0 Å². The van der Waals surface area contributed by atoms with Crippen molar-refractivity contribution in [1.82, 2.24) is 15.0 Å². The topological polar surface area (TPSA) is 97.1 Å². The molecule has 0 spiro atoms. The number of anilines is 1. The number of halogens is 1. The van der Waals surface area contributed by atoms with E-state index < -0.39 is 5.97 Å². The predicted molar refractivity (Wildman–Crippen MR) is 108 cm³/mol. The number of benzene rings is 3. The first kappa shape index (κ1) is 19.0. The molecule has 0 saturated carbocycles. The number of carbonyl (C=O) groups excluding carboxylic acids is 1. The summed E-state index contributed by atoms with van der Waals surface area (Å²) in [7, 11) is 0. The molecule has 8 heteroatoms. The molecule has 0 radical (unpaired) electrons. The lowest BCUT2D eigenvalue weighted by molar-refractivity contribution is 0.0696. The molecular formula is C22H15FN4O3. The average molecular weight is 402 g/mol. The molecule has 0 saturated heterocycles. The molecule has 0 atom stereocenters. The zero-order chi connectivity index (χ0) is 21.1. The molecule has 7 nitrogen and oxygen atoms in total. The highest BCUT2D eigenvalue weighted by Crippen LogP contribution is 2.22. The summed E-state index contributed by atoms with van der Waals surface area (Å²) in [5.41, 5.74) is 3.18. The first-order valence-corrected chi connectivity index (χ1v) is 8.93. The van der Waals surface area contributed by atoms with Gasteiger partial charge in [-0.1, -0.05) is 5.21 Å². The van der Waals surface area contributed by atoms with Gasteiger partial charge < -0.3 is 10.4 Å². The number of carboxylic acids is 1. The molecule has 30 heavy (non-hydrogen) atoms. The van der Waals surface area contributed by atoms with Crippen LogP contribution in [0.25, 0.3) is 16.9 Å². The van der Waals surface area contributed by atoms with Gasteiger partial charge in [-0.15, -0.1) is 5.10 Å². The maximum absolute atomic E-state index is 13.2. The fourth-order valence-corrected chi connectivity index (χ4v) is 2.90. The van der Waals surface area contributed by atoms with Crippen LogP contribution in [0.4, 0.5) is 10.1 Å². The molecule has 1 amide bonds. The van der Waals surface area contributed by atoms with Gasteiger partial charge in [0.25, 0.3) is 5.91 Å². The van der Waals surface area contributed by atoms with E-state index in [4.69, 9.17) is 5.11 Å². The van der Waals surface area contributed by atoms with E-state index in [0.29, 0.717) is 22.6 Å². The van der Waals surface area contributed by atoms with Crippen LogP contribution in [0.1, 0.15) is 20.7 Å². The fourth-order valence-electron chi connectivity index (χ4n) is 2.90. The molecule has 2 N–H and O–H groups in total. The second-order valence-corrected chi connectivity index (χ2v) is 6.42. The first-order chi connectivity index (χ1) is 14.5. The van der Waals surface area contributed by atoms with E-state index >= 15 is 0 Å². The zero-order valence-corrected chi connectivity index (χ0v) is 15.5. The molecule has 3 aromatic carbocycles. The van der Waals surface area contributed by atoms with Gasteiger partial charge in [0, 0.05) is 16.8 Å². The van der Waals surface area contributed by atoms with Gasteiger partial charge in [0.1, 0.15) is 5.82 Å². The highest BCUT2D eigenvalue weighted by atomic mass is 19.1. The van der Waals surface area contributed by atoms with Crippen molar-refractivity contribution in [3.63, 3.8) is 0 Å². The van der Waals surface area contributed by atoms with E-state index in [0.717, 1.165) is 5.56 Å². The molecule has 1 heterocycles. The number of hydrogen-bond acceptors (Lipinski definition) is 4. The van der Waals surface area contributed by atoms with Crippen LogP contribution in [-0.2, 0) is 0 Å². The van der Waals surface area contributed by atoms with Crippen molar-refractivity contribution in [3.8, 4) is 16.9 Å². The summed E-state index contributed by atoms with van der Waals surface area (Å²) in [5.74, 6) is -1.69. The third kappa shape index (κ3) is 3.93. The van der Waals surface area contributed by atoms with Gasteiger partial charge in [-0.05, 0) is 72.8 Å². The van der Waals surface area contributed by atoms with Gasteiger partial charge in [0.05, 0.1) is 23.1 Å². The lowest BCUT2D eigenvalue weighted by Crippen LogP contribution is -2.12. The van der Waals surface area contributed by atoms with E-state index in [-0.39, 0.29) is 17.3 Å². The van der Waals surface area contributed by atoms with Crippen molar-refractivity contribution >= 4 is 17.6 Å². The molecule has 0 aliphatic rings. The Morgan fingerprint density at radius 1 is 0.867 bits per heavy atom. The summed E-state index contributed by atoms with van der Waals surface area (Å²) in [6.45, 7) is 0. The Kier molecular flexibility index (Phi) is 5.04. The van der Waals surface area contributed by atoms with Crippen LogP contribution in [0, 0.1) is 5.82 Å². The maximum atomic E-state index is 13.2. The van der Waals surface area contributed by atoms with Gasteiger partial charge >= 0.3 is 5.97 Å². The van der Waals surface area contributed by atoms with E-state index in [2.05, 4.69) is 15.6 Å². The summed E-state index contributed by atoms with van der Waals surface area (Å²) in [4.78, 5) is 23.4. The Morgan fingerprint density at radius 2 is 1.50 bits per heavy atom. The van der Waals surface area contributed by atoms with Crippen LogP contribution >= 0.6 is 0 Å². The number of carbonyl (C=O) groups is 2. The molecule has 0 bridgehead atoms. The van der Waals surface area contributed by atoms with E-state index in [1.54, 1.807) is 47.3 Å². The highest BCUT2D eigenvalue weighted by Gasteiger charge is 2.11. The minimum Gasteiger partial charge on any atom is -0.478 e. The van der Waals surface area contributed by atoms with E-state index in [1.807, 2.05) is 0 Å². The number of carboxylic acid groups (broad SMARTS) is 1. The SMILES string of the molecule is O=C(O)c1ccc(NC(=O)c2ccc(-n3nncc3-c3ccc(F)cc3)cc2)cc1. The Morgan fingerprint density at radius 3 is 2.13 bits per heavy atom. The Hall–Kier alpha value is -4.33. The van der Waals surface area contributed by atoms with Crippen LogP contribution in [0.3, 0.4) is 0 Å². The Bertz CT molecular complexity index is 1200. The quantitative estimate of drug-likeness (QED) is 0.525. The van der Waals surface area contributed by atoms with E-state index in [1.165, 1.54) is 36.4 Å². The molecule has 0 unspecified atom stereocenters. The van der Waals surface area contributed by atoms with Crippen molar-refractivity contribution in [3.05, 3.63) is 95.9 Å². The summed E-state index contributed by atoms with van der Waals surface area (Å²) < 4.78 is 14.8. The summed E-state index contributed by atoms with van der Waals surface area (Å²) in [6, 6.07) is 18.6. The average Bonchev–Trinajstić information content (AvgIpc) is 3.24. The highest BCUT2D eigenvalue weighted by molar-refractivity contribution is 6.04. The lowest BCUT2D eigenvalue weighted by Gasteiger charge is -2.09. The summed E-state index contributed by atoms with van der Waals surface area (Å²) >= 11 is 0. The van der Waals surface area contributed by atoms with Crippen molar-refractivity contribution in [2.24, 2.45) is 0 Å². The molecule has 0 aliphatic carbocycles. The molecule has 4 aromatic rings. The second kappa shape index (κ2) is 7.96. The minimum atomic E-state index is -1.03. The number of aromatic carboxylic acids is 1. The van der Waals surface area contributed by atoms with Crippen molar-refractivity contribution in [1.29, 1.82) is 0 Å². The van der Waals surface area contributed by atoms with Gasteiger partial charge in [0.15, 0.2) is 0 Å². The van der Waals surface area contributed by atoms with Crippen molar-refractivity contribution in [2.75, 3.05) is 5.32 Å². The number of rotatable bonds is 5. The van der Waals surface area contributed by atoms with Crippen LogP contribution in [0.2, 0.25) is 0 Å². The molecule has 0 aliphatic heterocycles. The molecular weight excluding hydrogens is 387 g/mol. The summed E-state index contributed by atoms with van der Waals surface area (Å²) in [5, 5.41) is 19.7. The predicted octanol–water partition coefficient (Wildman–Crippen LogP) is 4.02. The first-order valence-electron chi connectivity index (χ1n) is 8.93. The third-order valence-electron chi connectivity index (χ3n) is 4.45. The Balaban J connectivity index is 1.52. The van der Waals surface area contributed by atoms with Gasteiger partial charge in [-0.2, -0.15) is 0 Å². The van der Waals surface area contributed by atoms with Crippen molar-refractivity contribution < 1.29 is 19.1 Å². The summed E-state index contributed by atoms with van der Waals surface area (Å²) in [6.07, 6.45) is 1.58. The third-order valence-corrected chi connectivity index (χ3v) is 4.45. The van der Waals surface area contributed by atoms with E-state index in [9.17, 15) is 14.0 Å². The molecule has 0 fully saturated rings. The van der Waals surface area contributed by atoms with Gasteiger partial charge in [-0.3, -0.25) is 4.79 Å². The number of hydrogen-bond donors (Lipinski definition) is 2. The minimum absolute atomic E-state index is 0.141. The Labute approximate surface area is 170 Å². The van der Waals surface area contributed by atoms with Gasteiger partial charge in [-0.25, -0.2) is 13.9 Å². The second-order valence-electron chi connectivity index (χ2n) is 6.42. The number of nitrogens with zero attached hydrogens (tertiary/aromatic N) is 3.